The highest BCUT2D eigenvalue weighted by molar-refractivity contribution is 7.89. The average Bonchev–Trinajstić information content (AvgIpc) is 2.92. The first kappa shape index (κ1) is 27.7. The molecule has 8 heteroatoms. The van der Waals surface area contributed by atoms with Crippen LogP contribution in [0.3, 0.4) is 0 Å². The van der Waals surface area contributed by atoms with Crippen molar-refractivity contribution in [2.75, 3.05) is 25.5 Å². The van der Waals surface area contributed by atoms with E-state index in [1.54, 1.807) is 18.2 Å². The van der Waals surface area contributed by atoms with Gasteiger partial charge in [0.25, 0.3) is 5.91 Å². The van der Waals surface area contributed by atoms with E-state index < -0.39 is 10.0 Å². The number of nitrogens with zero attached hydrogens (tertiary/aromatic N) is 1. The van der Waals surface area contributed by atoms with Crippen LogP contribution in [0.5, 0.6) is 11.5 Å². The average molecular weight is 537 g/mol. The number of rotatable bonds is 8. The summed E-state index contributed by atoms with van der Waals surface area (Å²) in [6, 6.07) is 19.8. The van der Waals surface area contributed by atoms with Crippen molar-refractivity contribution in [3.8, 4) is 11.5 Å². The van der Waals surface area contributed by atoms with E-state index in [-0.39, 0.29) is 16.2 Å². The molecule has 0 unspecified atom stereocenters. The second kappa shape index (κ2) is 11.6. The minimum atomic E-state index is -3.64. The molecule has 1 aliphatic heterocycles. The third kappa shape index (κ3) is 6.55. The van der Waals surface area contributed by atoms with Gasteiger partial charge in [-0.2, -0.15) is 4.31 Å². The molecule has 0 saturated carbocycles. The molecule has 0 bridgehead atoms. The minimum Gasteiger partial charge on any atom is -0.495 e. The molecule has 0 aromatic heterocycles. The molecule has 4 rings (SSSR count). The van der Waals surface area contributed by atoms with Crippen molar-refractivity contribution in [3.63, 3.8) is 0 Å². The van der Waals surface area contributed by atoms with Crippen LogP contribution in [-0.2, 0) is 22.0 Å². The maximum Gasteiger partial charge on any atom is 0.255 e. The summed E-state index contributed by atoms with van der Waals surface area (Å²) in [5.41, 5.74) is 3.00. The molecule has 0 spiro atoms. The topological polar surface area (TPSA) is 84.9 Å². The summed E-state index contributed by atoms with van der Waals surface area (Å²) in [5, 5.41) is 2.81. The van der Waals surface area contributed by atoms with E-state index in [0.29, 0.717) is 36.7 Å². The number of methoxy groups -OCH3 is 1. The number of benzene rings is 3. The molecule has 202 valence electrons. The fraction of sp³-hybridized carbons (Fsp3) is 0.367. The number of nitrogens with one attached hydrogen (secondary N) is 1. The Kier molecular flexibility index (Phi) is 8.43. The van der Waals surface area contributed by atoms with Crippen LogP contribution < -0.4 is 14.8 Å². The van der Waals surface area contributed by atoms with Crippen LogP contribution >= 0.6 is 0 Å². The van der Waals surface area contributed by atoms with E-state index in [1.165, 1.54) is 29.1 Å². The Balaban J connectivity index is 1.42. The van der Waals surface area contributed by atoms with Crippen molar-refractivity contribution in [2.24, 2.45) is 0 Å². The molecule has 1 N–H and O–H groups in total. The van der Waals surface area contributed by atoms with Crippen LogP contribution in [0.15, 0.2) is 71.6 Å². The quantitative estimate of drug-likeness (QED) is 0.382. The Labute approximate surface area is 225 Å². The number of hydrogen-bond acceptors (Lipinski definition) is 5. The molecule has 0 aliphatic carbocycles. The maximum atomic E-state index is 13.1. The molecular formula is C30H36N2O5S. The third-order valence-corrected chi connectivity index (χ3v) is 8.61. The van der Waals surface area contributed by atoms with Crippen LogP contribution in [0, 0.1) is 0 Å². The van der Waals surface area contributed by atoms with E-state index in [9.17, 15) is 13.2 Å². The predicted molar refractivity (Wildman–Crippen MR) is 149 cm³/mol. The fourth-order valence-electron chi connectivity index (χ4n) is 4.36. The summed E-state index contributed by atoms with van der Waals surface area (Å²) < 4.78 is 39.0. The Hall–Kier alpha value is -3.36. The van der Waals surface area contributed by atoms with Crippen molar-refractivity contribution in [1.82, 2.24) is 4.31 Å². The van der Waals surface area contributed by atoms with Crippen LogP contribution in [-0.4, -0.2) is 38.8 Å². The van der Waals surface area contributed by atoms with Gasteiger partial charge in [0, 0.05) is 18.7 Å². The summed E-state index contributed by atoms with van der Waals surface area (Å²) in [5.74, 6) is 0.811. The van der Waals surface area contributed by atoms with Gasteiger partial charge < -0.3 is 14.8 Å². The number of carbonyl (C=O) groups excluding carboxylic acids is 1. The number of ether oxygens (including phenoxy) is 2. The Morgan fingerprint density at radius 2 is 1.58 bits per heavy atom. The zero-order chi connectivity index (χ0) is 27.3. The highest BCUT2D eigenvalue weighted by atomic mass is 32.2. The lowest BCUT2D eigenvalue weighted by Gasteiger charge is -2.26. The molecule has 1 amide bonds. The van der Waals surface area contributed by atoms with Gasteiger partial charge in [-0.1, -0.05) is 51.5 Å². The molecule has 7 nitrogen and oxygen atoms in total. The van der Waals surface area contributed by atoms with Crippen molar-refractivity contribution in [1.29, 1.82) is 0 Å². The van der Waals surface area contributed by atoms with Gasteiger partial charge in [-0.3, -0.25) is 4.79 Å². The van der Waals surface area contributed by atoms with Crippen molar-refractivity contribution >= 4 is 21.6 Å². The first-order valence-corrected chi connectivity index (χ1v) is 14.3. The summed E-state index contributed by atoms with van der Waals surface area (Å²) >= 11 is 0. The van der Waals surface area contributed by atoms with Crippen molar-refractivity contribution in [3.05, 3.63) is 83.4 Å². The monoisotopic (exact) mass is 536 g/mol. The zero-order valence-electron chi connectivity index (χ0n) is 22.5. The standard InChI is InChI=1S/C30H36N2O5S/c1-30(2,3)24-12-14-25(15-13-24)37-21-22-8-10-23(11-9-22)29(33)31-27-20-26(16-17-28(27)36-4)38(34,35)32-18-6-5-7-19-32/h8-17,20H,5-7,18-19,21H2,1-4H3,(H,31,33). The second-order valence-electron chi connectivity index (χ2n) is 10.5. The molecule has 0 atom stereocenters. The van der Waals surface area contributed by atoms with E-state index in [0.717, 1.165) is 30.6 Å². The van der Waals surface area contributed by atoms with E-state index >= 15 is 0 Å². The minimum absolute atomic E-state index is 0.0852. The molecule has 1 saturated heterocycles. The van der Waals surface area contributed by atoms with Gasteiger partial charge in [-0.15, -0.1) is 0 Å². The highest BCUT2D eigenvalue weighted by Crippen LogP contribution is 2.30. The molecule has 1 heterocycles. The second-order valence-corrected chi connectivity index (χ2v) is 12.5. The largest absolute Gasteiger partial charge is 0.495 e. The lowest BCUT2D eigenvalue weighted by Crippen LogP contribution is -2.35. The van der Waals surface area contributed by atoms with Crippen molar-refractivity contribution < 1.29 is 22.7 Å². The summed E-state index contributed by atoms with van der Waals surface area (Å²) in [4.78, 5) is 13.1. The third-order valence-electron chi connectivity index (χ3n) is 6.71. The lowest BCUT2D eigenvalue weighted by molar-refractivity contribution is 0.102. The number of carbonyl (C=O) groups is 1. The molecule has 1 aliphatic rings. The highest BCUT2D eigenvalue weighted by Gasteiger charge is 2.27. The molecule has 1 fully saturated rings. The van der Waals surface area contributed by atoms with E-state index in [2.05, 4.69) is 38.2 Å². The summed E-state index contributed by atoms with van der Waals surface area (Å²) in [6.07, 6.45) is 2.73. The van der Waals surface area contributed by atoms with Crippen LogP contribution in [0.25, 0.3) is 0 Å². The maximum absolute atomic E-state index is 13.1. The van der Waals surface area contributed by atoms with Crippen molar-refractivity contribution in [2.45, 2.75) is 57.0 Å². The Bertz CT molecular complexity index is 1360. The van der Waals surface area contributed by atoms with Crippen LogP contribution in [0.1, 0.15) is 61.5 Å². The van der Waals surface area contributed by atoms with Gasteiger partial charge in [-0.05, 0) is 71.8 Å². The molecule has 0 radical (unpaired) electrons. The van der Waals surface area contributed by atoms with Crippen LogP contribution in [0.2, 0.25) is 0 Å². The normalized spacial score (nSPS) is 14.6. The number of anilines is 1. The molecule has 3 aromatic carbocycles. The van der Waals surface area contributed by atoms with Gasteiger partial charge in [0.2, 0.25) is 10.0 Å². The molecular weight excluding hydrogens is 500 g/mol. The first-order chi connectivity index (χ1) is 18.1. The van der Waals surface area contributed by atoms with Gasteiger partial charge >= 0.3 is 0 Å². The Morgan fingerprint density at radius 1 is 0.921 bits per heavy atom. The predicted octanol–water partition coefficient (Wildman–Crippen LogP) is 6.00. The Morgan fingerprint density at radius 3 is 2.18 bits per heavy atom. The van der Waals surface area contributed by atoms with E-state index in [1.807, 2.05) is 24.3 Å². The van der Waals surface area contributed by atoms with Gasteiger partial charge in [0.15, 0.2) is 0 Å². The summed E-state index contributed by atoms with van der Waals surface area (Å²) in [6.45, 7) is 7.91. The van der Waals surface area contributed by atoms with Gasteiger partial charge in [0.1, 0.15) is 18.1 Å². The number of sulfonamides is 1. The summed E-state index contributed by atoms with van der Waals surface area (Å²) in [7, 11) is -2.16. The SMILES string of the molecule is COc1ccc(S(=O)(=O)N2CCCCC2)cc1NC(=O)c1ccc(COc2ccc(C(C)(C)C)cc2)cc1. The fourth-order valence-corrected chi connectivity index (χ4v) is 5.91. The molecule has 38 heavy (non-hydrogen) atoms. The number of amides is 1. The van der Waals surface area contributed by atoms with E-state index in [4.69, 9.17) is 9.47 Å². The van der Waals surface area contributed by atoms with Gasteiger partial charge in [-0.25, -0.2) is 8.42 Å². The zero-order valence-corrected chi connectivity index (χ0v) is 23.3. The number of hydrogen-bond donors (Lipinski definition) is 1. The van der Waals surface area contributed by atoms with Crippen LogP contribution in [0.4, 0.5) is 5.69 Å². The number of piperidine rings is 1. The lowest BCUT2D eigenvalue weighted by atomic mass is 9.87. The smallest absolute Gasteiger partial charge is 0.255 e. The van der Waals surface area contributed by atoms with Gasteiger partial charge in [0.05, 0.1) is 17.7 Å². The first-order valence-electron chi connectivity index (χ1n) is 12.9. The molecule has 3 aromatic rings.